The summed E-state index contributed by atoms with van der Waals surface area (Å²) in [5, 5.41) is 4.20. The zero-order valence-electron chi connectivity index (χ0n) is 15.9. The molecule has 0 atom stereocenters. The number of nitrogens with zero attached hydrogens (tertiary/aromatic N) is 3. The number of hydrogen-bond acceptors (Lipinski definition) is 5. The van der Waals surface area contributed by atoms with E-state index in [4.69, 9.17) is 16.3 Å². The second-order valence-corrected chi connectivity index (χ2v) is 7.84. The molecule has 4 rings (SSSR count). The number of rotatable bonds is 6. The molecule has 1 fully saturated rings. The Morgan fingerprint density at radius 2 is 2.07 bits per heavy atom. The summed E-state index contributed by atoms with van der Waals surface area (Å²) < 4.78 is 6.05. The van der Waals surface area contributed by atoms with Crippen molar-refractivity contribution in [2.45, 2.75) is 45.4 Å². The van der Waals surface area contributed by atoms with Gasteiger partial charge in [0.15, 0.2) is 5.82 Å². The van der Waals surface area contributed by atoms with E-state index in [2.05, 4.69) is 33.2 Å². The Morgan fingerprint density at radius 1 is 1.22 bits per heavy atom. The van der Waals surface area contributed by atoms with Gasteiger partial charge in [0.2, 0.25) is 0 Å². The van der Waals surface area contributed by atoms with Crippen LogP contribution in [0.5, 0.6) is 0 Å². The van der Waals surface area contributed by atoms with Crippen molar-refractivity contribution in [2.75, 3.05) is 30.0 Å². The predicted octanol–water partition coefficient (Wildman–Crippen LogP) is 5.48. The molecule has 1 aromatic heterocycles. The highest BCUT2D eigenvalue weighted by atomic mass is 35.5. The average Bonchev–Trinajstić information content (AvgIpc) is 2.70. The van der Waals surface area contributed by atoms with Crippen LogP contribution >= 0.6 is 11.6 Å². The Hall–Kier alpha value is -1.85. The Kier molecular flexibility index (Phi) is 5.79. The van der Waals surface area contributed by atoms with Crippen molar-refractivity contribution in [3.8, 4) is 0 Å². The Balaban J connectivity index is 1.50. The van der Waals surface area contributed by atoms with Crippen molar-refractivity contribution >= 4 is 34.5 Å². The first-order chi connectivity index (χ1) is 13.3. The van der Waals surface area contributed by atoms with Crippen LogP contribution in [0.25, 0.3) is 0 Å². The van der Waals surface area contributed by atoms with Crippen LogP contribution in [0.1, 0.15) is 44.6 Å². The first-order valence-electron chi connectivity index (χ1n) is 10.0. The minimum atomic E-state index is 0.684. The lowest BCUT2D eigenvalue weighted by atomic mass is 9.90. The number of halogens is 1. The highest BCUT2D eigenvalue weighted by Gasteiger charge is 2.25. The van der Waals surface area contributed by atoms with Crippen molar-refractivity contribution in [3.05, 3.63) is 35.2 Å². The topological polar surface area (TPSA) is 50.3 Å². The van der Waals surface area contributed by atoms with Gasteiger partial charge < -0.3 is 15.0 Å². The van der Waals surface area contributed by atoms with Gasteiger partial charge in [-0.1, -0.05) is 37.8 Å². The minimum Gasteiger partial charge on any atom is -0.379 e. The number of benzene rings is 1. The lowest BCUT2D eigenvalue weighted by Crippen LogP contribution is -2.28. The summed E-state index contributed by atoms with van der Waals surface area (Å²) in [5.41, 5.74) is 4.14. The molecule has 0 bridgehead atoms. The van der Waals surface area contributed by atoms with E-state index in [1.54, 1.807) is 6.33 Å². The number of anilines is 4. The maximum atomic E-state index is 6.43. The third kappa shape index (κ3) is 4.04. The van der Waals surface area contributed by atoms with E-state index in [9.17, 15) is 0 Å². The molecule has 1 N–H and O–H groups in total. The zero-order valence-corrected chi connectivity index (χ0v) is 16.6. The number of ether oxygens (including phenoxy) is 1. The maximum Gasteiger partial charge on any atom is 0.160 e. The van der Waals surface area contributed by atoms with Crippen LogP contribution in [-0.4, -0.2) is 29.7 Å². The normalized spacial score (nSPS) is 16.6. The summed E-state index contributed by atoms with van der Waals surface area (Å²) in [6, 6.07) is 4.17. The van der Waals surface area contributed by atoms with Gasteiger partial charge in [-0.2, -0.15) is 0 Å². The molecule has 2 aromatic rings. The summed E-state index contributed by atoms with van der Waals surface area (Å²) in [4.78, 5) is 10.9. The van der Waals surface area contributed by atoms with Gasteiger partial charge in [0.25, 0.3) is 0 Å². The Bertz CT molecular complexity index is 792. The van der Waals surface area contributed by atoms with Gasteiger partial charge in [-0.25, -0.2) is 9.97 Å². The van der Waals surface area contributed by atoms with Gasteiger partial charge in [-0.05, 0) is 42.9 Å². The first-order valence-corrected chi connectivity index (χ1v) is 10.4. The number of hydrogen-bond donors (Lipinski definition) is 1. The number of aryl methyl sites for hydroxylation is 1. The fraction of sp³-hybridized carbons (Fsp3) is 0.524. The summed E-state index contributed by atoms with van der Waals surface area (Å²) >= 11 is 6.43. The van der Waals surface area contributed by atoms with Gasteiger partial charge in [0.05, 0.1) is 24.2 Å². The molecule has 0 amide bonds. The van der Waals surface area contributed by atoms with E-state index in [-0.39, 0.29) is 0 Å². The van der Waals surface area contributed by atoms with Gasteiger partial charge in [0, 0.05) is 18.2 Å². The van der Waals surface area contributed by atoms with E-state index in [0.29, 0.717) is 6.61 Å². The van der Waals surface area contributed by atoms with E-state index >= 15 is 0 Å². The van der Waals surface area contributed by atoms with Crippen molar-refractivity contribution in [1.29, 1.82) is 0 Å². The van der Waals surface area contributed by atoms with Crippen molar-refractivity contribution in [3.63, 3.8) is 0 Å². The second-order valence-electron chi connectivity index (χ2n) is 7.43. The van der Waals surface area contributed by atoms with Crippen LogP contribution in [0.4, 0.5) is 22.9 Å². The molecule has 1 aliphatic heterocycles. The van der Waals surface area contributed by atoms with Crippen molar-refractivity contribution < 1.29 is 4.74 Å². The van der Waals surface area contributed by atoms with Gasteiger partial charge in [-0.15, -0.1) is 0 Å². The lowest BCUT2D eigenvalue weighted by molar-refractivity contribution is 0.0906. The fourth-order valence-corrected chi connectivity index (χ4v) is 4.37. The van der Waals surface area contributed by atoms with Gasteiger partial charge >= 0.3 is 0 Å². The molecule has 27 heavy (non-hydrogen) atoms. The van der Waals surface area contributed by atoms with Crippen molar-refractivity contribution in [2.24, 2.45) is 5.92 Å². The summed E-state index contributed by atoms with van der Waals surface area (Å²) in [5.74, 6) is 1.62. The van der Waals surface area contributed by atoms with Crippen LogP contribution in [0, 0.1) is 5.92 Å². The highest BCUT2D eigenvalue weighted by molar-refractivity contribution is 6.32. The number of fused-ring (bicyclic) bond motifs is 2. The molecule has 2 aliphatic rings. The Labute approximate surface area is 166 Å². The smallest absolute Gasteiger partial charge is 0.160 e. The van der Waals surface area contributed by atoms with Gasteiger partial charge in [0.1, 0.15) is 12.0 Å². The molecule has 1 aromatic carbocycles. The van der Waals surface area contributed by atoms with E-state index < -0.39 is 0 Å². The standard InChI is InChI=1S/C21H27ClN4O/c1-2-16-10-20-18(11-17(16)22)25-19-12-23-14-24-21(19)26(20)8-9-27-13-15-6-4-3-5-7-15/h10-12,14-15,25H,2-9,13H2,1H3. The molecular weight excluding hydrogens is 360 g/mol. The molecular formula is C21H27ClN4O. The van der Waals surface area contributed by atoms with Crippen LogP contribution in [0.15, 0.2) is 24.7 Å². The third-order valence-electron chi connectivity index (χ3n) is 5.59. The molecule has 1 saturated carbocycles. The highest BCUT2D eigenvalue weighted by Crippen LogP contribution is 2.44. The maximum absolute atomic E-state index is 6.43. The van der Waals surface area contributed by atoms with Crippen LogP contribution in [-0.2, 0) is 11.2 Å². The monoisotopic (exact) mass is 386 g/mol. The number of aromatic nitrogens is 2. The van der Waals surface area contributed by atoms with Crippen LogP contribution in [0.2, 0.25) is 5.02 Å². The SMILES string of the molecule is CCc1cc2c(cc1Cl)Nc1cncnc1N2CCOCC1CCCCC1. The molecule has 144 valence electrons. The fourth-order valence-electron chi connectivity index (χ4n) is 4.07. The molecule has 0 saturated heterocycles. The van der Waals surface area contributed by atoms with Crippen molar-refractivity contribution in [1.82, 2.24) is 9.97 Å². The van der Waals surface area contributed by atoms with Crippen LogP contribution in [0.3, 0.4) is 0 Å². The lowest BCUT2D eigenvalue weighted by Gasteiger charge is -2.33. The summed E-state index contributed by atoms with van der Waals surface area (Å²) in [6.45, 7) is 4.44. The van der Waals surface area contributed by atoms with Gasteiger partial charge in [-0.3, -0.25) is 0 Å². The second kappa shape index (κ2) is 8.44. The Morgan fingerprint density at radius 3 is 2.89 bits per heavy atom. The molecule has 2 heterocycles. The average molecular weight is 387 g/mol. The number of nitrogens with one attached hydrogen (secondary N) is 1. The quantitative estimate of drug-likeness (QED) is 0.665. The molecule has 0 radical (unpaired) electrons. The van der Waals surface area contributed by atoms with E-state index in [1.165, 1.54) is 32.1 Å². The van der Waals surface area contributed by atoms with E-state index in [1.807, 2.05) is 12.3 Å². The third-order valence-corrected chi connectivity index (χ3v) is 5.94. The largest absolute Gasteiger partial charge is 0.379 e. The molecule has 0 unspecified atom stereocenters. The molecule has 5 nitrogen and oxygen atoms in total. The summed E-state index contributed by atoms with van der Waals surface area (Å²) in [7, 11) is 0. The predicted molar refractivity (Wildman–Crippen MR) is 111 cm³/mol. The summed E-state index contributed by atoms with van der Waals surface area (Å²) in [6.07, 6.45) is 11.0. The zero-order chi connectivity index (χ0) is 18.6. The van der Waals surface area contributed by atoms with E-state index in [0.717, 1.165) is 59.0 Å². The molecule has 0 spiro atoms. The first kappa shape index (κ1) is 18.5. The molecule has 6 heteroatoms. The minimum absolute atomic E-state index is 0.684. The molecule has 1 aliphatic carbocycles. The van der Waals surface area contributed by atoms with Crippen LogP contribution < -0.4 is 10.2 Å².